The molecule has 2 aromatic heterocycles. The molecule has 0 saturated carbocycles. The third kappa shape index (κ3) is 10.0. The first-order valence-corrected chi connectivity index (χ1v) is 12.3. The molecule has 174 valence electrons. The molecule has 0 aliphatic heterocycles. The second-order valence-corrected chi connectivity index (χ2v) is 7.23. The summed E-state index contributed by atoms with van der Waals surface area (Å²) in [4.78, 5) is 8.37. The first-order chi connectivity index (χ1) is 15.6. The van der Waals surface area contributed by atoms with Crippen molar-refractivity contribution < 1.29 is 0 Å². The number of aromatic nitrogens is 2. The lowest BCUT2D eigenvalue weighted by atomic mass is 10.0. The molecular weight excluding hydrogens is 388 g/mol. The Morgan fingerprint density at radius 3 is 2.03 bits per heavy atom. The predicted molar refractivity (Wildman–Crippen MR) is 146 cm³/mol. The van der Waals surface area contributed by atoms with E-state index in [-0.39, 0.29) is 0 Å². The van der Waals surface area contributed by atoms with Crippen LogP contribution in [0.3, 0.4) is 0 Å². The van der Waals surface area contributed by atoms with Crippen LogP contribution < -0.4 is 0 Å². The van der Waals surface area contributed by atoms with Crippen LogP contribution in [0.5, 0.6) is 0 Å². The summed E-state index contributed by atoms with van der Waals surface area (Å²) < 4.78 is 0. The zero-order chi connectivity index (χ0) is 24.4. The normalized spacial score (nSPS) is 9.31. The van der Waals surface area contributed by atoms with Crippen molar-refractivity contribution in [1.82, 2.24) is 9.97 Å². The third-order valence-corrected chi connectivity index (χ3v) is 4.41. The lowest BCUT2D eigenvalue weighted by Gasteiger charge is -2.05. The molecule has 32 heavy (non-hydrogen) atoms. The van der Waals surface area contributed by atoms with Gasteiger partial charge in [0.05, 0.1) is 5.52 Å². The minimum atomic E-state index is 0.588. The maximum atomic E-state index is 4.26. The second-order valence-electron chi connectivity index (χ2n) is 7.23. The van der Waals surface area contributed by atoms with Gasteiger partial charge in [-0.1, -0.05) is 93.0 Å². The second kappa shape index (κ2) is 17.9. The quantitative estimate of drug-likeness (QED) is 0.315. The molecule has 0 bridgehead atoms. The molecule has 4 aromatic rings. The van der Waals surface area contributed by atoms with E-state index in [0.29, 0.717) is 5.92 Å². The molecule has 2 aromatic carbocycles. The number of hydrogen-bond donors (Lipinski definition) is 0. The standard InChI is InChI=1S/C12H13N.C11H11N.C3H8.2C2H6/c1-9(2)11-4-3-10-5-6-13-8-12(10)7-11;1-2-9-5-6-11-10(8-9)4-3-7-12-11;1-3-2;2*1-2/h3-9H,1-2H3;3-8H,2H2,1H3;3H2,1-2H3;2*1-2H3. The lowest BCUT2D eigenvalue weighted by molar-refractivity contribution is 0.868. The van der Waals surface area contributed by atoms with Gasteiger partial charge in [-0.2, -0.15) is 0 Å². The van der Waals surface area contributed by atoms with E-state index in [0.717, 1.165) is 11.9 Å². The van der Waals surface area contributed by atoms with Gasteiger partial charge in [-0.25, -0.2) is 0 Å². The SMILES string of the molecule is CC.CC.CC(C)c1ccc2ccncc2c1.CCC.CCc1ccc2ncccc2c1. The van der Waals surface area contributed by atoms with Crippen molar-refractivity contribution in [2.45, 2.75) is 81.1 Å². The van der Waals surface area contributed by atoms with Crippen molar-refractivity contribution in [2.75, 3.05) is 0 Å². The van der Waals surface area contributed by atoms with Crippen LogP contribution in [0.4, 0.5) is 0 Å². The minimum absolute atomic E-state index is 0.588. The Hall–Kier alpha value is -2.74. The molecule has 2 heterocycles. The van der Waals surface area contributed by atoms with Gasteiger partial charge >= 0.3 is 0 Å². The van der Waals surface area contributed by atoms with E-state index in [2.05, 4.69) is 87.1 Å². The van der Waals surface area contributed by atoms with Crippen LogP contribution in [0.2, 0.25) is 0 Å². The maximum absolute atomic E-state index is 4.26. The zero-order valence-electron chi connectivity index (χ0n) is 21.8. The number of pyridine rings is 2. The van der Waals surface area contributed by atoms with Crippen molar-refractivity contribution in [3.8, 4) is 0 Å². The van der Waals surface area contributed by atoms with Crippen LogP contribution in [-0.2, 0) is 6.42 Å². The fourth-order valence-electron chi connectivity index (χ4n) is 2.81. The molecule has 4 rings (SSSR count). The van der Waals surface area contributed by atoms with Gasteiger partial charge < -0.3 is 0 Å². The summed E-state index contributed by atoms with van der Waals surface area (Å²) in [5.41, 5.74) is 3.82. The Morgan fingerprint density at radius 1 is 0.719 bits per heavy atom. The molecule has 0 spiro atoms. The average molecular weight is 433 g/mol. The summed E-state index contributed by atoms with van der Waals surface area (Å²) in [5.74, 6) is 0.588. The Balaban J connectivity index is 0.000000472. The number of aryl methyl sites for hydroxylation is 1. The topological polar surface area (TPSA) is 25.8 Å². The van der Waals surface area contributed by atoms with E-state index >= 15 is 0 Å². The van der Waals surface area contributed by atoms with Crippen molar-refractivity contribution in [3.63, 3.8) is 0 Å². The first-order valence-electron chi connectivity index (χ1n) is 12.3. The molecule has 2 heteroatoms. The molecule has 0 fully saturated rings. The van der Waals surface area contributed by atoms with Crippen molar-refractivity contribution in [3.05, 3.63) is 84.3 Å². The van der Waals surface area contributed by atoms with E-state index in [1.165, 1.54) is 33.7 Å². The minimum Gasteiger partial charge on any atom is -0.264 e. The molecule has 2 nitrogen and oxygen atoms in total. The summed E-state index contributed by atoms with van der Waals surface area (Å²) in [6.07, 6.45) is 7.91. The number of rotatable bonds is 2. The van der Waals surface area contributed by atoms with Gasteiger partial charge in [-0.15, -0.1) is 0 Å². The number of nitrogens with zero attached hydrogens (tertiary/aromatic N) is 2. The molecule has 0 saturated heterocycles. The van der Waals surface area contributed by atoms with E-state index in [1.54, 1.807) is 0 Å². The van der Waals surface area contributed by atoms with Gasteiger partial charge in [0.25, 0.3) is 0 Å². The molecule has 0 unspecified atom stereocenters. The van der Waals surface area contributed by atoms with Crippen LogP contribution in [0.1, 0.15) is 85.8 Å². The lowest BCUT2D eigenvalue weighted by Crippen LogP contribution is -1.86. The molecule has 0 atom stereocenters. The molecule has 0 N–H and O–H groups in total. The molecule has 0 aliphatic rings. The zero-order valence-corrected chi connectivity index (χ0v) is 21.8. The van der Waals surface area contributed by atoms with Crippen molar-refractivity contribution in [1.29, 1.82) is 0 Å². The van der Waals surface area contributed by atoms with Crippen molar-refractivity contribution in [2.24, 2.45) is 0 Å². The summed E-state index contributed by atoms with van der Waals surface area (Å²) in [6, 6.07) is 19.1. The Morgan fingerprint density at radius 2 is 1.41 bits per heavy atom. The largest absolute Gasteiger partial charge is 0.264 e. The van der Waals surface area contributed by atoms with E-state index < -0.39 is 0 Å². The van der Waals surface area contributed by atoms with E-state index in [9.17, 15) is 0 Å². The molecule has 0 amide bonds. The van der Waals surface area contributed by atoms with E-state index in [1.807, 2.05) is 58.4 Å². The summed E-state index contributed by atoms with van der Waals surface area (Å²) in [7, 11) is 0. The number of benzene rings is 2. The Kier molecular flexibility index (Phi) is 16.4. The maximum Gasteiger partial charge on any atom is 0.0702 e. The highest BCUT2D eigenvalue weighted by molar-refractivity contribution is 5.82. The van der Waals surface area contributed by atoms with Gasteiger partial charge in [-0.05, 0) is 59.2 Å². The van der Waals surface area contributed by atoms with Crippen molar-refractivity contribution >= 4 is 21.7 Å². The smallest absolute Gasteiger partial charge is 0.0702 e. The number of hydrogen-bond acceptors (Lipinski definition) is 2. The third-order valence-electron chi connectivity index (χ3n) is 4.41. The van der Waals surface area contributed by atoms with Crippen LogP contribution in [0.15, 0.2) is 73.2 Å². The van der Waals surface area contributed by atoms with Crippen LogP contribution in [0, 0.1) is 0 Å². The monoisotopic (exact) mass is 432 g/mol. The highest BCUT2D eigenvalue weighted by Gasteiger charge is 1.99. The van der Waals surface area contributed by atoms with E-state index in [4.69, 9.17) is 0 Å². The van der Waals surface area contributed by atoms with Gasteiger partial charge in [-0.3, -0.25) is 9.97 Å². The van der Waals surface area contributed by atoms with Crippen LogP contribution in [0.25, 0.3) is 21.7 Å². The molecule has 0 radical (unpaired) electrons. The predicted octanol–water partition coefficient (Wildman–Crippen LogP) is 9.62. The van der Waals surface area contributed by atoms with Crippen LogP contribution in [-0.4, -0.2) is 9.97 Å². The van der Waals surface area contributed by atoms with Crippen LogP contribution >= 0.6 is 0 Å². The average Bonchev–Trinajstić information content (AvgIpc) is 2.86. The summed E-state index contributed by atoms with van der Waals surface area (Å²) >= 11 is 0. The first kappa shape index (κ1) is 29.3. The number of fused-ring (bicyclic) bond motifs is 2. The van der Waals surface area contributed by atoms with Gasteiger partial charge in [0, 0.05) is 29.4 Å². The van der Waals surface area contributed by atoms with Gasteiger partial charge in [0.1, 0.15) is 0 Å². The highest BCUT2D eigenvalue weighted by atomic mass is 14.6. The molecule has 0 aliphatic carbocycles. The fraction of sp³-hybridized carbons (Fsp3) is 0.400. The summed E-state index contributed by atoms with van der Waals surface area (Å²) in [6.45, 7) is 18.8. The Bertz CT molecular complexity index is 990. The van der Waals surface area contributed by atoms with Gasteiger partial charge in [0.2, 0.25) is 0 Å². The Labute approximate surface area is 197 Å². The van der Waals surface area contributed by atoms with Gasteiger partial charge in [0.15, 0.2) is 0 Å². The fourth-order valence-corrected chi connectivity index (χ4v) is 2.81. The highest BCUT2D eigenvalue weighted by Crippen LogP contribution is 2.20. The summed E-state index contributed by atoms with van der Waals surface area (Å²) in [5, 5.41) is 3.73. The molecular formula is C30H44N2.